The van der Waals surface area contributed by atoms with Crippen molar-refractivity contribution in [2.45, 2.75) is 19.3 Å². The molecule has 0 radical (unpaired) electrons. The number of alkyl halides is 3. The minimum absolute atomic E-state index is 0.140. The number of anilines is 1. The fourth-order valence-electron chi connectivity index (χ4n) is 4.27. The molecule has 0 saturated carbocycles. The molecule has 0 unspecified atom stereocenters. The molecular weight excluding hydrogens is 524 g/mol. The van der Waals surface area contributed by atoms with Gasteiger partial charge in [0.15, 0.2) is 0 Å². The summed E-state index contributed by atoms with van der Waals surface area (Å²) >= 11 is 0. The first-order chi connectivity index (χ1) is 19.2. The van der Waals surface area contributed by atoms with Crippen LogP contribution in [-0.2, 0) is 19.3 Å². The molecule has 2 N–H and O–H groups in total. The van der Waals surface area contributed by atoms with E-state index in [-0.39, 0.29) is 24.6 Å². The van der Waals surface area contributed by atoms with E-state index in [1.54, 1.807) is 53.4 Å². The van der Waals surface area contributed by atoms with Crippen molar-refractivity contribution in [3.63, 3.8) is 0 Å². The van der Waals surface area contributed by atoms with Crippen molar-refractivity contribution in [3.8, 4) is 0 Å². The minimum atomic E-state index is -4.45. The first-order valence-electron chi connectivity index (χ1n) is 12.2. The highest BCUT2D eigenvalue weighted by Gasteiger charge is 2.30. The summed E-state index contributed by atoms with van der Waals surface area (Å²) in [6.45, 7) is 0.392. The van der Waals surface area contributed by atoms with E-state index in [4.69, 9.17) is 0 Å². The van der Waals surface area contributed by atoms with Crippen LogP contribution in [0, 0.1) is 5.82 Å². The topological polar surface area (TPSA) is 76.0 Å². The molecule has 0 atom stereocenters. The summed E-state index contributed by atoms with van der Waals surface area (Å²) in [5.74, 6) is -1.27. The Bertz CT molecular complexity index is 1660. The number of fused-ring (bicyclic) bond motifs is 1. The number of hydrogen-bond acceptors (Lipinski definition) is 3. The van der Waals surface area contributed by atoms with Crippen LogP contribution in [0.4, 0.5) is 23.2 Å². The minimum Gasteiger partial charge on any atom is -0.347 e. The normalized spacial score (nSPS) is 11.4. The molecule has 202 valence electrons. The van der Waals surface area contributed by atoms with Gasteiger partial charge in [0.05, 0.1) is 5.56 Å². The quantitative estimate of drug-likeness (QED) is 0.231. The summed E-state index contributed by atoms with van der Waals surface area (Å²) < 4.78 is 54.1. The third-order valence-electron chi connectivity index (χ3n) is 6.32. The van der Waals surface area contributed by atoms with Crippen molar-refractivity contribution in [1.82, 2.24) is 14.9 Å². The number of nitrogens with one attached hydrogen (secondary N) is 2. The molecule has 0 aliphatic heterocycles. The Kier molecular flexibility index (Phi) is 7.33. The van der Waals surface area contributed by atoms with Gasteiger partial charge in [-0.25, -0.2) is 4.39 Å². The van der Waals surface area contributed by atoms with Gasteiger partial charge in [0.2, 0.25) is 0 Å². The maximum atomic E-state index is 13.3. The second-order valence-corrected chi connectivity index (χ2v) is 9.08. The zero-order valence-electron chi connectivity index (χ0n) is 20.9. The molecule has 0 bridgehead atoms. The maximum Gasteiger partial charge on any atom is 0.416 e. The Morgan fingerprint density at radius 1 is 0.800 bits per heavy atom. The van der Waals surface area contributed by atoms with Crippen molar-refractivity contribution >= 4 is 28.4 Å². The van der Waals surface area contributed by atoms with Crippen LogP contribution in [0.25, 0.3) is 10.9 Å². The second-order valence-electron chi connectivity index (χ2n) is 9.08. The van der Waals surface area contributed by atoms with Crippen LogP contribution in [0.15, 0.2) is 97.3 Å². The highest BCUT2D eigenvalue weighted by atomic mass is 19.4. The molecule has 0 spiro atoms. The van der Waals surface area contributed by atoms with Crippen molar-refractivity contribution in [1.29, 1.82) is 0 Å². The lowest BCUT2D eigenvalue weighted by Crippen LogP contribution is -2.25. The smallest absolute Gasteiger partial charge is 0.347 e. The van der Waals surface area contributed by atoms with Crippen molar-refractivity contribution in [2.75, 3.05) is 5.32 Å². The number of benzene rings is 3. The zero-order valence-corrected chi connectivity index (χ0v) is 20.9. The molecular formula is C30H22F4N4O2. The van der Waals surface area contributed by atoms with Crippen LogP contribution < -0.4 is 10.6 Å². The molecule has 2 amide bonds. The van der Waals surface area contributed by atoms with Gasteiger partial charge in [-0.05, 0) is 83.9 Å². The lowest BCUT2D eigenvalue weighted by molar-refractivity contribution is -0.137. The van der Waals surface area contributed by atoms with Crippen LogP contribution in [0.3, 0.4) is 0 Å². The standard InChI is InChI=1S/C30H22F4N4O2/c31-24-7-3-21(4-8-24)28(39)37-25-9-10-26-22(15-25)16-27(29(40)36-17-19-11-13-35-14-12-19)38(26)18-20-1-5-23(6-2-20)30(32,33)34/h1-16H,17-18H2,(H,36,40)(H,37,39). The van der Waals surface area contributed by atoms with Gasteiger partial charge in [0.25, 0.3) is 11.8 Å². The van der Waals surface area contributed by atoms with Crippen LogP contribution in [0.1, 0.15) is 37.5 Å². The first-order valence-corrected chi connectivity index (χ1v) is 12.2. The van der Waals surface area contributed by atoms with Gasteiger partial charge in [-0.3, -0.25) is 14.6 Å². The molecule has 10 heteroatoms. The average molecular weight is 547 g/mol. The monoisotopic (exact) mass is 546 g/mol. The number of amides is 2. The van der Waals surface area contributed by atoms with Gasteiger partial charge in [-0.1, -0.05) is 12.1 Å². The van der Waals surface area contributed by atoms with E-state index in [0.717, 1.165) is 17.7 Å². The number of pyridine rings is 1. The molecule has 0 aliphatic carbocycles. The molecule has 6 nitrogen and oxygen atoms in total. The number of nitrogens with zero attached hydrogens (tertiary/aromatic N) is 2. The predicted molar refractivity (Wildman–Crippen MR) is 142 cm³/mol. The molecule has 0 saturated heterocycles. The van der Waals surface area contributed by atoms with Gasteiger partial charge in [-0.15, -0.1) is 0 Å². The third kappa shape index (κ3) is 6.01. The summed E-state index contributed by atoms with van der Waals surface area (Å²) in [7, 11) is 0. The molecule has 5 aromatic rings. The number of carbonyl (C=O) groups is 2. The summed E-state index contributed by atoms with van der Waals surface area (Å²) in [6.07, 6.45) is -1.22. The Morgan fingerprint density at radius 2 is 1.50 bits per heavy atom. The highest BCUT2D eigenvalue weighted by molar-refractivity contribution is 6.06. The molecule has 5 rings (SSSR count). The molecule has 0 aliphatic rings. The molecule has 2 heterocycles. The maximum absolute atomic E-state index is 13.3. The number of halogens is 4. The molecule has 0 fully saturated rings. The fourth-order valence-corrected chi connectivity index (χ4v) is 4.27. The molecule has 40 heavy (non-hydrogen) atoms. The van der Waals surface area contributed by atoms with Gasteiger partial charge < -0.3 is 15.2 Å². The third-order valence-corrected chi connectivity index (χ3v) is 6.32. The number of rotatable bonds is 7. The van der Waals surface area contributed by atoms with Gasteiger partial charge in [-0.2, -0.15) is 13.2 Å². The lowest BCUT2D eigenvalue weighted by atomic mass is 10.1. The number of aromatic nitrogens is 2. The van der Waals surface area contributed by atoms with Crippen molar-refractivity contribution < 1.29 is 27.2 Å². The van der Waals surface area contributed by atoms with Crippen LogP contribution in [-0.4, -0.2) is 21.4 Å². The van der Waals surface area contributed by atoms with Gasteiger partial charge >= 0.3 is 6.18 Å². The van der Waals surface area contributed by atoms with Crippen molar-refractivity contribution in [2.24, 2.45) is 0 Å². The van der Waals surface area contributed by atoms with E-state index in [9.17, 15) is 27.2 Å². The highest BCUT2D eigenvalue weighted by Crippen LogP contribution is 2.30. The van der Waals surface area contributed by atoms with E-state index in [1.807, 2.05) is 0 Å². The molecule has 3 aromatic carbocycles. The Morgan fingerprint density at radius 3 is 2.17 bits per heavy atom. The van der Waals surface area contributed by atoms with Crippen LogP contribution in [0.2, 0.25) is 0 Å². The van der Waals surface area contributed by atoms with Crippen molar-refractivity contribution in [3.05, 3.63) is 131 Å². The first kappa shape index (κ1) is 26.6. The van der Waals surface area contributed by atoms with Crippen LogP contribution >= 0.6 is 0 Å². The van der Waals surface area contributed by atoms with E-state index in [2.05, 4.69) is 15.6 Å². The summed E-state index contributed by atoms with van der Waals surface area (Å²) in [5.41, 5.74) is 2.34. The predicted octanol–water partition coefficient (Wildman–Crippen LogP) is 6.42. The lowest BCUT2D eigenvalue weighted by Gasteiger charge is -2.13. The van der Waals surface area contributed by atoms with E-state index in [0.29, 0.717) is 27.8 Å². The Labute approximate surface area is 226 Å². The summed E-state index contributed by atoms with van der Waals surface area (Å²) in [4.78, 5) is 29.8. The summed E-state index contributed by atoms with van der Waals surface area (Å²) in [6, 6.07) is 20.2. The average Bonchev–Trinajstić information content (AvgIpc) is 3.30. The van der Waals surface area contributed by atoms with E-state index >= 15 is 0 Å². The van der Waals surface area contributed by atoms with Gasteiger partial charge in [0.1, 0.15) is 11.5 Å². The van der Waals surface area contributed by atoms with E-state index < -0.39 is 23.5 Å². The Balaban J connectivity index is 1.45. The Hall–Kier alpha value is -4.99. The number of carbonyl (C=O) groups excluding carboxylic acids is 2. The second kappa shape index (κ2) is 11.0. The largest absolute Gasteiger partial charge is 0.416 e. The van der Waals surface area contributed by atoms with E-state index in [1.165, 1.54) is 36.4 Å². The SMILES string of the molecule is O=C(Nc1ccc2c(c1)cc(C(=O)NCc1ccncc1)n2Cc1ccc(C(F)(F)F)cc1)c1ccc(F)cc1. The molecule has 2 aromatic heterocycles. The number of hydrogen-bond donors (Lipinski definition) is 2. The van der Waals surface area contributed by atoms with Crippen LogP contribution in [0.5, 0.6) is 0 Å². The summed E-state index contributed by atoms with van der Waals surface area (Å²) in [5, 5.41) is 6.27. The fraction of sp³-hybridized carbons (Fsp3) is 0.100. The zero-order chi connectivity index (χ0) is 28.3. The van der Waals surface area contributed by atoms with Gasteiger partial charge in [0, 0.05) is 47.6 Å².